The van der Waals surface area contributed by atoms with Gasteiger partial charge in [0.2, 0.25) is 5.88 Å². The number of hydrogen-bond donors (Lipinski definition) is 2. The van der Waals surface area contributed by atoms with E-state index in [1.54, 1.807) is 35.1 Å². The van der Waals surface area contributed by atoms with Crippen LogP contribution >= 0.6 is 23.6 Å². The number of thiazole rings is 1. The molecule has 4 rings (SSSR count). The fraction of sp³-hybridized carbons (Fsp3) is 0.217. The van der Waals surface area contributed by atoms with E-state index in [9.17, 15) is 15.2 Å². The van der Waals surface area contributed by atoms with Gasteiger partial charge in [-0.2, -0.15) is 5.26 Å². The highest BCUT2D eigenvalue weighted by atomic mass is 32.1. The molecule has 7 nitrogen and oxygen atoms in total. The van der Waals surface area contributed by atoms with Gasteiger partial charge in [-0.3, -0.25) is 14.4 Å². The minimum atomic E-state index is -0.801. The van der Waals surface area contributed by atoms with E-state index < -0.39 is 5.97 Å². The molecule has 0 amide bonds. The average Bonchev–Trinajstić information content (AvgIpc) is 3.48. The van der Waals surface area contributed by atoms with Crippen molar-refractivity contribution >= 4 is 53.6 Å². The van der Waals surface area contributed by atoms with Crippen LogP contribution in [-0.4, -0.2) is 27.0 Å². The Balaban J connectivity index is 1.65. The first-order chi connectivity index (χ1) is 15.5. The summed E-state index contributed by atoms with van der Waals surface area (Å²) in [4.78, 5) is 15.5. The van der Waals surface area contributed by atoms with Crippen molar-refractivity contribution in [3.8, 4) is 11.9 Å². The van der Waals surface area contributed by atoms with Gasteiger partial charge in [0.1, 0.15) is 10.8 Å². The number of carbonyl (C=O) groups is 1. The van der Waals surface area contributed by atoms with Crippen molar-refractivity contribution in [3.05, 3.63) is 59.9 Å². The molecular formula is C23H19N3O4S2. The minimum Gasteiger partial charge on any atom is -0.493 e. The van der Waals surface area contributed by atoms with Crippen LogP contribution < -0.4 is 10.6 Å². The number of benzene rings is 1. The molecule has 2 aromatic heterocycles. The molecule has 1 aliphatic rings. The molecule has 1 aromatic carbocycles. The molecule has 3 aromatic rings. The van der Waals surface area contributed by atoms with Crippen LogP contribution in [0.1, 0.15) is 36.1 Å². The second kappa shape index (κ2) is 9.34. The van der Waals surface area contributed by atoms with Crippen molar-refractivity contribution in [3.63, 3.8) is 0 Å². The largest absolute Gasteiger partial charge is 0.493 e. The third-order valence-electron chi connectivity index (χ3n) is 5.07. The second-order valence-electron chi connectivity index (χ2n) is 7.27. The molecule has 0 aliphatic carbocycles. The predicted octanol–water partition coefficient (Wildman–Crippen LogP) is 3.71. The highest BCUT2D eigenvalue weighted by Crippen LogP contribution is 2.27. The number of aromatic nitrogens is 1. The smallest absolute Gasteiger partial charge is 0.303 e. The van der Waals surface area contributed by atoms with Crippen LogP contribution in [0.25, 0.3) is 12.2 Å². The molecular weight excluding hydrogens is 446 g/mol. The molecule has 3 heterocycles. The van der Waals surface area contributed by atoms with E-state index in [0.29, 0.717) is 38.2 Å². The Morgan fingerprint density at radius 1 is 1.31 bits per heavy atom. The van der Waals surface area contributed by atoms with Crippen LogP contribution in [0.2, 0.25) is 0 Å². The minimum absolute atomic E-state index is 0.0743. The van der Waals surface area contributed by atoms with E-state index in [1.807, 2.05) is 12.1 Å². The van der Waals surface area contributed by atoms with E-state index in [0.717, 1.165) is 29.0 Å². The lowest BCUT2D eigenvalue weighted by Gasteiger charge is -2.04. The average molecular weight is 466 g/mol. The van der Waals surface area contributed by atoms with Crippen LogP contribution in [0.3, 0.4) is 0 Å². The molecule has 0 atom stereocenters. The Morgan fingerprint density at radius 3 is 2.94 bits per heavy atom. The van der Waals surface area contributed by atoms with Crippen molar-refractivity contribution in [2.75, 3.05) is 0 Å². The highest BCUT2D eigenvalue weighted by Gasteiger charge is 2.10. The lowest BCUT2D eigenvalue weighted by Crippen LogP contribution is -2.02. The SMILES string of the molecule is N#Cc1cc2c(c(=c3ccc(=Cc4sc(=S)n(CCCCCC(=O)O)c4O)o3)c1)=CC=N2. The van der Waals surface area contributed by atoms with Gasteiger partial charge in [0.05, 0.1) is 22.2 Å². The monoisotopic (exact) mass is 465 g/mol. The number of hydrogen-bond acceptors (Lipinski definition) is 7. The molecule has 0 saturated carbocycles. The number of nitrogens with zero attached hydrogens (tertiary/aromatic N) is 3. The number of carboxylic acids is 1. The number of aliphatic carboxylic acids is 1. The van der Waals surface area contributed by atoms with Crippen LogP contribution in [0.15, 0.2) is 33.7 Å². The molecule has 2 N–H and O–H groups in total. The van der Waals surface area contributed by atoms with Gasteiger partial charge in [-0.05, 0) is 55.4 Å². The van der Waals surface area contributed by atoms with Gasteiger partial charge in [-0.25, -0.2) is 0 Å². The van der Waals surface area contributed by atoms with E-state index in [1.165, 1.54) is 11.3 Å². The third-order valence-corrected chi connectivity index (χ3v) is 6.46. The molecule has 162 valence electrons. The first kappa shape index (κ1) is 21.7. The standard InChI is InChI=1S/C23H19N3O4S2/c24-13-14-10-17(16-7-8-25-18(16)11-14)19-6-5-15(30-19)12-20-22(29)26(23(31)32-20)9-3-1-2-4-21(27)28/h5-8,10-12,29H,1-4,9H2,(H,27,28). The zero-order chi connectivity index (χ0) is 22.7. The molecule has 32 heavy (non-hydrogen) atoms. The predicted molar refractivity (Wildman–Crippen MR) is 124 cm³/mol. The first-order valence-electron chi connectivity index (χ1n) is 10.0. The van der Waals surface area contributed by atoms with E-state index >= 15 is 0 Å². The van der Waals surface area contributed by atoms with Gasteiger partial charge in [0.25, 0.3) is 0 Å². The van der Waals surface area contributed by atoms with Gasteiger partial charge >= 0.3 is 5.97 Å². The van der Waals surface area contributed by atoms with Crippen molar-refractivity contribution < 1.29 is 19.4 Å². The third kappa shape index (κ3) is 4.56. The van der Waals surface area contributed by atoms with Gasteiger partial charge < -0.3 is 14.6 Å². The Morgan fingerprint density at radius 2 is 2.16 bits per heavy atom. The number of rotatable bonds is 7. The lowest BCUT2D eigenvalue weighted by atomic mass is 10.1. The maximum Gasteiger partial charge on any atom is 0.303 e. The summed E-state index contributed by atoms with van der Waals surface area (Å²) in [5.74, 6) is -0.727. The van der Waals surface area contributed by atoms with Crippen LogP contribution in [-0.2, 0) is 11.3 Å². The summed E-state index contributed by atoms with van der Waals surface area (Å²) in [6.45, 7) is 0.529. The maximum atomic E-state index is 10.6. The molecule has 0 saturated heterocycles. The van der Waals surface area contributed by atoms with Gasteiger partial charge in [-0.1, -0.05) is 6.42 Å². The molecule has 0 spiro atoms. The van der Waals surface area contributed by atoms with Crippen molar-refractivity contribution in [1.29, 1.82) is 5.26 Å². The molecule has 0 unspecified atom stereocenters. The zero-order valence-corrected chi connectivity index (χ0v) is 18.6. The number of unbranched alkanes of at least 4 members (excludes halogenated alkanes) is 2. The summed E-state index contributed by atoms with van der Waals surface area (Å²) >= 11 is 6.67. The van der Waals surface area contributed by atoms with Gasteiger partial charge in [-0.15, -0.1) is 11.3 Å². The Kier molecular flexibility index (Phi) is 6.35. The van der Waals surface area contributed by atoms with E-state index in [2.05, 4.69) is 11.1 Å². The Bertz CT molecular complexity index is 1540. The van der Waals surface area contributed by atoms with Crippen LogP contribution in [0.5, 0.6) is 5.88 Å². The number of carboxylic acid groups (broad SMARTS) is 1. The van der Waals surface area contributed by atoms with Crippen molar-refractivity contribution in [1.82, 2.24) is 4.57 Å². The number of furan rings is 1. The Hall–Kier alpha value is -3.48. The van der Waals surface area contributed by atoms with Crippen LogP contribution in [0.4, 0.5) is 5.69 Å². The number of nitriles is 1. The summed E-state index contributed by atoms with van der Waals surface area (Å²) in [6.07, 6.45) is 7.53. The fourth-order valence-electron chi connectivity index (χ4n) is 3.51. The zero-order valence-electron chi connectivity index (χ0n) is 16.9. The molecule has 1 aliphatic heterocycles. The maximum absolute atomic E-state index is 10.6. The topological polar surface area (TPSA) is 112 Å². The van der Waals surface area contributed by atoms with E-state index in [-0.39, 0.29) is 12.3 Å². The molecule has 9 heteroatoms. The number of aliphatic imine (C=N–C) groups is 1. The van der Waals surface area contributed by atoms with Crippen molar-refractivity contribution in [2.45, 2.75) is 32.2 Å². The Labute approximate surface area is 191 Å². The summed E-state index contributed by atoms with van der Waals surface area (Å²) in [5.41, 5.74) is 2.39. The second-order valence-corrected chi connectivity index (χ2v) is 8.95. The first-order valence-corrected chi connectivity index (χ1v) is 11.2. The van der Waals surface area contributed by atoms with Gasteiger partial charge in [0, 0.05) is 35.7 Å². The number of aromatic hydroxyl groups is 1. The normalized spacial score (nSPS) is 13.7. The van der Waals surface area contributed by atoms with Crippen LogP contribution in [0, 0.1) is 25.9 Å². The fourth-order valence-corrected chi connectivity index (χ4v) is 4.81. The molecule has 0 radical (unpaired) electrons. The summed E-state index contributed by atoms with van der Waals surface area (Å²) in [6, 6.07) is 9.29. The molecule has 0 fully saturated rings. The highest BCUT2D eigenvalue weighted by molar-refractivity contribution is 7.73. The van der Waals surface area contributed by atoms with E-state index in [4.69, 9.17) is 21.7 Å². The summed E-state index contributed by atoms with van der Waals surface area (Å²) in [7, 11) is 0. The molecule has 0 bridgehead atoms. The number of fused-ring (bicyclic) bond motifs is 1. The summed E-state index contributed by atoms with van der Waals surface area (Å²) < 4.78 is 8.20. The summed E-state index contributed by atoms with van der Waals surface area (Å²) in [5, 5.41) is 30.3. The van der Waals surface area contributed by atoms with Gasteiger partial charge in [0.15, 0.2) is 3.95 Å². The lowest BCUT2D eigenvalue weighted by molar-refractivity contribution is -0.137. The van der Waals surface area contributed by atoms with Crippen molar-refractivity contribution in [2.24, 2.45) is 4.99 Å². The quantitative estimate of drug-likeness (QED) is 0.406.